The Morgan fingerprint density at radius 1 is 1.06 bits per heavy atom. The normalized spacial score (nSPS) is 28.3. The summed E-state index contributed by atoms with van der Waals surface area (Å²) in [6.45, 7) is 10.9. The van der Waals surface area contributed by atoms with Crippen molar-refractivity contribution >= 4 is 0 Å². The van der Waals surface area contributed by atoms with Crippen LogP contribution in [0.3, 0.4) is 0 Å². The maximum atomic E-state index is 2.72. The van der Waals surface area contributed by atoms with Gasteiger partial charge in [0.05, 0.1) is 0 Å². The number of hydrogen-bond donors (Lipinski definition) is 0. The molecule has 1 saturated heterocycles. The molecule has 1 unspecified atom stereocenters. The van der Waals surface area contributed by atoms with Crippen LogP contribution in [-0.4, -0.2) is 24.5 Å². The summed E-state index contributed by atoms with van der Waals surface area (Å²) in [7, 11) is 0. The van der Waals surface area contributed by atoms with E-state index in [-0.39, 0.29) is 0 Å². The van der Waals surface area contributed by atoms with Gasteiger partial charge in [0, 0.05) is 13.1 Å². The van der Waals surface area contributed by atoms with Crippen LogP contribution in [-0.2, 0) is 0 Å². The Morgan fingerprint density at radius 2 is 1.78 bits per heavy atom. The van der Waals surface area contributed by atoms with Gasteiger partial charge in [-0.25, -0.2) is 0 Å². The van der Waals surface area contributed by atoms with Gasteiger partial charge in [0.2, 0.25) is 0 Å². The third-order valence-corrected chi connectivity index (χ3v) is 4.42. The van der Waals surface area contributed by atoms with Gasteiger partial charge in [0.25, 0.3) is 0 Å². The fourth-order valence-electron chi connectivity index (χ4n) is 3.35. The Labute approximate surface area is 114 Å². The molecule has 2 rings (SSSR count). The number of rotatable bonds is 3. The van der Waals surface area contributed by atoms with E-state index in [9.17, 15) is 0 Å². The summed E-state index contributed by atoms with van der Waals surface area (Å²) in [6, 6.07) is 0. The van der Waals surface area contributed by atoms with Crippen LogP contribution < -0.4 is 0 Å². The Balaban J connectivity index is 1.72. The highest BCUT2D eigenvalue weighted by molar-refractivity contribution is 4.99. The van der Waals surface area contributed by atoms with Crippen molar-refractivity contribution in [3.05, 3.63) is 12.2 Å². The molecule has 18 heavy (non-hydrogen) atoms. The van der Waals surface area contributed by atoms with Gasteiger partial charge < -0.3 is 4.90 Å². The zero-order chi connectivity index (χ0) is 13.0. The first-order valence-electron chi connectivity index (χ1n) is 7.95. The summed E-state index contributed by atoms with van der Waals surface area (Å²) in [5.41, 5.74) is 0.344. The topological polar surface area (TPSA) is 3.24 Å². The van der Waals surface area contributed by atoms with E-state index in [2.05, 4.69) is 37.8 Å². The van der Waals surface area contributed by atoms with Gasteiger partial charge in [-0.2, -0.15) is 0 Å². The Morgan fingerprint density at radius 3 is 2.44 bits per heavy atom. The van der Waals surface area contributed by atoms with E-state index in [0.29, 0.717) is 5.41 Å². The van der Waals surface area contributed by atoms with Crippen molar-refractivity contribution in [2.45, 2.75) is 59.3 Å². The smallest absolute Gasteiger partial charge is 0.00449 e. The number of nitrogens with zero attached hydrogens (tertiary/aromatic N) is 1. The van der Waals surface area contributed by atoms with Crippen LogP contribution in [0.5, 0.6) is 0 Å². The summed E-state index contributed by atoms with van der Waals surface area (Å²) >= 11 is 0. The van der Waals surface area contributed by atoms with Crippen molar-refractivity contribution in [1.82, 2.24) is 4.90 Å². The summed E-state index contributed by atoms with van der Waals surface area (Å²) in [5.74, 6) is 1.82. The Hall–Kier alpha value is -0.300. The van der Waals surface area contributed by atoms with Gasteiger partial charge in [0.1, 0.15) is 0 Å². The molecule has 1 heteroatoms. The largest absolute Gasteiger partial charge is 0.302 e. The van der Waals surface area contributed by atoms with E-state index in [1.807, 2.05) is 0 Å². The minimum atomic E-state index is 0.344. The molecule has 0 aromatic carbocycles. The molecule has 0 bridgehead atoms. The minimum absolute atomic E-state index is 0.344. The monoisotopic (exact) mass is 249 g/mol. The lowest BCUT2D eigenvalue weighted by Crippen LogP contribution is -2.28. The average molecular weight is 249 g/mol. The van der Waals surface area contributed by atoms with Crippen molar-refractivity contribution in [3.63, 3.8) is 0 Å². The lowest BCUT2D eigenvalue weighted by Gasteiger charge is -2.26. The first-order chi connectivity index (χ1) is 8.53. The second-order valence-corrected chi connectivity index (χ2v) is 7.54. The Bertz CT molecular complexity index is 268. The quantitative estimate of drug-likeness (QED) is 0.666. The van der Waals surface area contributed by atoms with Crippen molar-refractivity contribution in [2.24, 2.45) is 17.3 Å². The minimum Gasteiger partial charge on any atom is -0.302 e. The fourth-order valence-corrected chi connectivity index (χ4v) is 3.35. The van der Waals surface area contributed by atoms with Gasteiger partial charge in [-0.15, -0.1) is 0 Å². The maximum absolute atomic E-state index is 2.72. The molecule has 1 nitrogen and oxygen atoms in total. The van der Waals surface area contributed by atoms with E-state index in [0.717, 1.165) is 11.8 Å². The van der Waals surface area contributed by atoms with Gasteiger partial charge in [-0.1, -0.05) is 52.2 Å². The van der Waals surface area contributed by atoms with E-state index in [1.54, 1.807) is 0 Å². The van der Waals surface area contributed by atoms with Crippen LogP contribution in [0.15, 0.2) is 12.2 Å². The molecule has 1 atom stereocenters. The van der Waals surface area contributed by atoms with E-state index in [4.69, 9.17) is 0 Å². The van der Waals surface area contributed by atoms with E-state index in [1.165, 1.54) is 58.2 Å². The molecule has 2 aliphatic rings. The average Bonchev–Trinajstić information content (AvgIpc) is 2.75. The summed E-state index contributed by atoms with van der Waals surface area (Å²) in [6.07, 6.45) is 13.7. The van der Waals surface area contributed by atoms with Crippen molar-refractivity contribution in [2.75, 3.05) is 19.6 Å². The number of allylic oxidation sites excluding steroid dienone is 1. The first-order valence-corrected chi connectivity index (χ1v) is 7.95. The molecule has 1 heterocycles. The van der Waals surface area contributed by atoms with Gasteiger partial charge in [-0.3, -0.25) is 0 Å². The molecule has 0 aromatic rings. The maximum Gasteiger partial charge on any atom is 0.00449 e. The molecular formula is C17H31N. The van der Waals surface area contributed by atoms with Crippen LogP contribution in [0, 0.1) is 17.3 Å². The molecular weight excluding hydrogens is 218 g/mol. The highest BCUT2D eigenvalue weighted by atomic mass is 15.1. The number of hydrogen-bond acceptors (Lipinski definition) is 1. The van der Waals surface area contributed by atoms with Crippen LogP contribution in [0.4, 0.5) is 0 Å². The third kappa shape index (κ3) is 4.76. The predicted octanol–water partition coefficient (Wildman–Crippen LogP) is 4.49. The highest BCUT2D eigenvalue weighted by Crippen LogP contribution is 2.27. The molecule has 1 aliphatic carbocycles. The van der Waals surface area contributed by atoms with Gasteiger partial charge in [-0.05, 0) is 43.1 Å². The molecule has 0 N–H and O–H groups in total. The second kappa shape index (κ2) is 6.23. The molecule has 0 amide bonds. The summed E-state index contributed by atoms with van der Waals surface area (Å²) < 4.78 is 0. The lowest BCUT2D eigenvalue weighted by atomic mass is 9.89. The van der Waals surface area contributed by atoms with Crippen LogP contribution in [0.1, 0.15) is 59.3 Å². The molecule has 0 spiro atoms. The van der Waals surface area contributed by atoms with Crippen molar-refractivity contribution in [1.29, 1.82) is 0 Å². The molecule has 104 valence electrons. The molecule has 2 fully saturated rings. The molecule has 1 saturated carbocycles. The molecule has 0 aromatic heterocycles. The van der Waals surface area contributed by atoms with Crippen molar-refractivity contribution in [3.8, 4) is 0 Å². The van der Waals surface area contributed by atoms with Crippen LogP contribution >= 0.6 is 0 Å². The highest BCUT2D eigenvalue weighted by Gasteiger charge is 2.24. The van der Waals surface area contributed by atoms with E-state index >= 15 is 0 Å². The first kappa shape index (κ1) is 14.1. The second-order valence-electron chi connectivity index (χ2n) is 7.54. The van der Waals surface area contributed by atoms with Crippen LogP contribution in [0.2, 0.25) is 0 Å². The van der Waals surface area contributed by atoms with Gasteiger partial charge >= 0.3 is 0 Å². The van der Waals surface area contributed by atoms with Gasteiger partial charge in [0.15, 0.2) is 0 Å². The fraction of sp³-hybridized carbons (Fsp3) is 0.882. The Kier molecular flexibility index (Phi) is 4.89. The zero-order valence-corrected chi connectivity index (χ0v) is 12.6. The molecule has 0 radical (unpaired) electrons. The summed E-state index contributed by atoms with van der Waals surface area (Å²) in [4.78, 5) is 2.72. The predicted molar refractivity (Wildman–Crippen MR) is 79.7 cm³/mol. The standard InChI is InChI=1S/C17H31N/c1-17(2,3)11-9-16-10-12-18(14-16)13-15-7-5-4-6-8-15/h9,11,15-16H,4-8,10,12-14H2,1-3H3/b11-9+. The lowest BCUT2D eigenvalue weighted by molar-refractivity contribution is 0.231. The SMILES string of the molecule is CC(C)(C)/C=C/C1CCN(CC2CCCCC2)C1. The number of likely N-dealkylation sites (tertiary alicyclic amines) is 1. The van der Waals surface area contributed by atoms with Crippen molar-refractivity contribution < 1.29 is 0 Å². The third-order valence-electron chi connectivity index (χ3n) is 4.42. The van der Waals surface area contributed by atoms with E-state index < -0.39 is 0 Å². The summed E-state index contributed by atoms with van der Waals surface area (Å²) in [5, 5.41) is 0. The zero-order valence-electron chi connectivity index (χ0n) is 12.6. The van der Waals surface area contributed by atoms with Crippen LogP contribution in [0.25, 0.3) is 0 Å². The molecule has 1 aliphatic heterocycles.